The molecule has 0 N–H and O–H groups in total. The molecule has 1 aromatic carbocycles. The first-order valence-electron chi connectivity index (χ1n) is 8.12. The summed E-state index contributed by atoms with van der Waals surface area (Å²) in [5, 5.41) is 0. The van der Waals surface area contributed by atoms with Crippen molar-refractivity contribution < 1.29 is 13.2 Å². The van der Waals surface area contributed by atoms with Crippen LogP contribution < -0.4 is 0 Å². The van der Waals surface area contributed by atoms with Gasteiger partial charge in [-0.15, -0.1) is 0 Å². The zero-order valence-electron chi connectivity index (χ0n) is 14.3. The van der Waals surface area contributed by atoms with Crippen molar-refractivity contribution in [3.63, 3.8) is 0 Å². The van der Waals surface area contributed by atoms with Gasteiger partial charge in [-0.3, -0.25) is 4.79 Å². The van der Waals surface area contributed by atoms with E-state index in [1.54, 1.807) is 26.2 Å². The molecule has 1 saturated heterocycles. The summed E-state index contributed by atoms with van der Waals surface area (Å²) in [5.74, 6) is 0.254. The number of rotatable bonds is 5. The average Bonchev–Trinajstić information content (AvgIpc) is 3.03. The van der Waals surface area contributed by atoms with Crippen molar-refractivity contribution >= 4 is 15.9 Å². The highest BCUT2D eigenvalue weighted by Gasteiger charge is 2.39. The summed E-state index contributed by atoms with van der Waals surface area (Å²) in [6.45, 7) is 4.63. The van der Waals surface area contributed by atoms with Crippen molar-refractivity contribution in [3.8, 4) is 0 Å². The summed E-state index contributed by atoms with van der Waals surface area (Å²) in [6.07, 6.45) is 2.31. The molecule has 2 unspecified atom stereocenters. The number of likely N-dealkylation sites (N-methyl/N-ethyl adjacent to an activating group) is 1. The Kier molecular flexibility index (Phi) is 5.47. The Morgan fingerprint density at radius 1 is 1.30 bits per heavy atom. The predicted molar refractivity (Wildman–Crippen MR) is 90.8 cm³/mol. The molecule has 1 fully saturated rings. The summed E-state index contributed by atoms with van der Waals surface area (Å²) < 4.78 is 27.1. The van der Waals surface area contributed by atoms with Crippen molar-refractivity contribution in [3.05, 3.63) is 29.8 Å². The van der Waals surface area contributed by atoms with E-state index in [9.17, 15) is 13.2 Å². The quantitative estimate of drug-likeness (QED) is 0.828. The summed E-state index contributed by atoms with van der Waals surface area (Å²) in [5.41, 5.74) is 1.13. The van der Waals surface area contributed by atoms with Crippen LogP contribution in [0.1, 0.15) is 44.6 Å². The number of carbonyl (C=O) groups excluding carboxylic acids is 1. The Bertz CT molecular complexity index is 653. The number of nitrogens with zero attached hydrogens (tertiary/aromatic N) is 2. The first-order chi connectivity index (χ1) is 10.8. The van der Waals surface area contributed by atoms with E-state index >= 15 is 0 Å². The second kappa shape index (κ2) is 7.01. The fourth-order valence-electron chi connectivity index (χ4n) is 2.91. The lowest BCUT2D eigenvalue weighted by atomic mass is 9.99. The molecule has 0 aromatic heterocycles. The Hall–Kier alpha value is -1.40. The molecule has 0 radical (unpaired) electrons. The molecule has 1 aromatic rings. The summed E-state index contributed by atoms with van der Waals surface area (Å²) in [6, 6.07) is 6.49. The predicted octanol–water partition coefficient (Wildman–Crippen LogP) is 2.44. The minimum absolute atomic E-state index is 0.151. The molecular weight excluding hydrogens is 312 g/mol. The largest absolute Gasteiger partial charge is 0.347 e. The normalized spacial score (nSPS) is 20.4. The number of hydrogen-bond donors (Lipinski definition) is 0. The van der Waals surface area contributed by atoms with Crippen LogP contribution in [-0.4, -0.2) is 50.2 Å². The molecular formula is C17H26N2O3S. The van der Waals surface area contributed by atoms with E-state index in [2.05, 4.69) is 13.8 Å². The number of carbonyl (C=O) groups is 1. The van der Waals surface area contributed by atoms with E-state index in [0.29, 0.717) is 25.3 Å². The second-order valence-electron chi connectivity index (χ2n) is 6.38. The molecule has 1 heterocycles. The van der Waals surface area contributed by atoms with Gasteiger partial charge < -0.3 is 4.90 Å². The van der Waals surface area contributed by atoms with Gasteiger partial charge in [0.25, 0.3) is 0 Å². The van der Waals surface area contributed by atoms with E-state index < -0.39 is 16.1 Å². The molecule has 2 atom stereocenters. The van der Waals surface area contributed by atoms with Crippen LogP contribution in [0.5, 0.6) is 0 Å². The van der Waals surface area contributed by atoms with E-state index in [1.165, 1.54) is 9.21 Å². The number of sulfonamides is 1. The van der Waals surface area contributed by atoms with Crippen LogP contribution in [0.2, 0.25) is 0 Å². The summed E-state index contributed by atoms with van der Waals surface area (Å²) >= 11 is 0. The van der Waals surface area contributed by atoms with Gasteiger partial charge in [0.1, 0.15) is 6.04 Å². The minimum Gasteiger partial charge on any atom is -0.347 e. The zero-order valence-corrected chi connectivity index (χ0v) is 15.1. The van der Waals surface area contributed by atoms with Gasteiger partial charge in [0.2, 0.25) is 15.9 Å². The van der Waals surface area contributed by atoms with Crippen LogP contribution in [0, 0.1) is 0 Å². The monoisotopic (exact) mass is 338 g/mol. The van der Waals surface area contributed by atoms with Gasteiger partial charge in [0, 0.05) is 20.6 Å². The lowest BCUT2D eigenvalue weighted by Crippen LogP contribution is -2.45. The van der Waals surface area contributed by atoms with Gasteiger partial charge >= 0.3 is 0 Å². The molecule has 2 rings (SSSR count). The van der Waals surface area contributed by atoms with E-state index in [-0.39, 0.29) is 10.8 Å². The fourth-order valence-corrected chi connectivity index (χ4v) is 4.56. The van der Waals surface area contributed by atoms with Crippen LogP contribution in [0.25, 0.3) is 0 Å². The summed E-state index contributed by atoms with van der Waals surface area (Å²) in [7, 11) is -0.312. The lowest BCUT2D eigenvalue weighted by molar-refractivity contribution is -0.132. The molecule has 1 aliphatic heterocycles. The summed E-state index contributed by atoms with van der Waals surface area (Å²) in [4.78, 5) is 14.0. The highest BCUT2D eigenvalue weighted by molar-refractivity contribution is 7.89. The van der Waals surface area contributed by atoms with Crippen molar-refractivity contribution in [2.24, 2.45) is 0 Å². The topological polar surface area (TPSA) is 57.7 Å². The number of benzene rings is 1. The Morgan fingerprint density at radius 3 is 2.43 bits per heavy atom. The van der Waals surface area contributed by atoms with Crippen LogP contribution in [0.15, 0.2) is 29.2 Å². The van der Waals surface area contributed by atoms with Crippen molar-refractivity contribution in [2.75, 3.05) is 20.6 Å². The third-order valence-electron chi connectivity index (χ3n) is 4.60. The van der Waals surface area contributed by atoms with Crippen LogP contribution >= 0.6 is 0 Å². The highest BCUT2D eigenvalue weighted by atomic mass is 32.2. The molecule has 6 heteroatoms. The van der Waals surface area contributed by atoms with E-state index in [0.717, 1.165) is 12.0 Å². The lowest BCUT2D eigenvalue weighted by Gasteiger charge is -2.25. The van der Waals surface area contributed by atoms with Crippen molar-refractivity contribution in [1.82, 2.24) is 9.21 Å². The van der Waals surface area contributed by atoms with Gasteiger partial charge in [-0.05, 0) is 42.9 Å². The molecule has 0 bridgehead atoms. The first kappa shape index (κ1) is 17.9. The molecule has 0 saturated carbocycles. The molecule has 1 amide bonds. The van der Waals surface area contributed by atoms with Crippen LogP contribution in [-0.2, 0) is 14.8 Å². The van der Waals surface area contributed by atoms with Gasteiger partial charge in [-0.2, -0.15) is 4.31 Å². The zero-order chi connectivity index (χ0) is 17.2. The Labute approximate surface area is 139 Å². The standard InChI is InChI=1S/C17H26N2O3S/c1-5-13(2)14-8-10-15(11-9-14)23(21,22)19-12-6-7-16(19)17(20)18(3)4/h8-11,13,16H,5-7,12H2,1-4H3. The fraction of sp³-hybridized carbons (Fsp3) is 0.588. The van der Waals surface area contributed by atoms with Crippen LogP contribution in [0.3, 0.4) is 0 Å². The number of hydrogen-bond acceptors (Lipinski definition) is 3. The van der Waals surface area contributed by atoms with Gasteiger partial charge in [0.15, 0.2) is 0 Å². The second-order valence-corrected chi connectivity index (χ2v) is 8.28. The Morgan fingerprint density at radius 2 is 1.91 bits per heavy atom. The maximum absolute atomic E-state index is 12.9. The SMILES string of the molecule is CCC(C)c1ccc(S(=O)(=O)N2CCCC2C(=O)N(C)C)cc1. The maximum Gasteiger partial charge on any atom is 0.243 e. The Balaban J connectivity index is 2.28. The third-order valence-corrected chi connectivity index (χ3v) is 6.52. The highest BCUT2D eigenvalue weighted by Crippen LogP contribution is 2.28. The van der Waals surface area contributed by atoms with E-state index in [4.69, 9.17) is 0 Å². The van der Waals surface area contributed by atoms with Gasteiger partial charge in [-0.1, -0.05) is 26.0 Å². The third kappa shape index (κ3) is 3.58. The molecule has 0 aliphatic carbocycles. The molecule has 23 heavy (non-hydrogen) atoms. The molecule has 1 aliphatic rings. The minimum atomic E-state index is -3.63. The van der Waals surface area contributed by atoms with E-state index in [1.807, 2.05) is 12.1 Å². The van der Waals surface area contributed by atoms with Crippen LogP contribution in [0.4, 0.5) is 0 Å². The number of amides is 1. The van der Waals surface area contributed by atoms with Gasteiger partial charge in [0.05, 0.1) is 4.90 Å². The molecule has 128 valence electrons. The van der Waals surface area contributed by atoms with Gasteiger partial charge in [-0.25, -0.2) is 8.42 Å². The average molecular weight is 338 g/mol. The maximum atomic E-state index is 12.9. The smallest absolute Gasteiger partial charge is 0.243 e. The first-order valence-corrected chi connectivity index (χ1v) is 9.56. The molecule has 0 spiro atoms. The van der Waals surface area contributed by atoms with Crippen molar-refractivity contribution in [1.29, 1.82) is 0 Å². The molecule has 5 nitrogen and oxygen atoms in total. The van der Waals surface area contributed by atoms with Crippen molar-refractivity contribution in [2.45, 2.75) is 50.0 Å².